The van der Waals surface area contributed by atoms with E-state index in [1.165, 1.54) is 141 Å². The fourth-order valence-corrected chi connectivity index (χ4v) is 22.1. The predicted molar refractivity (Wildman–Crippen MR) is 251 cm³/mol. The molecule has 3 saturated heterocycles. The maximum absolute atomic E-state index is 7.72. The molecule has 13 rings (SSSR count). The molecule has 0 bridgehead atoms. The van der Waals surface area contributed by atoms with Crippen molar-refractivity contribution >= 4 is 6.71 Å². The Bertz CT molecular complexity index is 1500. The Morgan fingerprint density at radius 3 is 1.44 bits per heavy atom. The van der Waals surface area contributed by atoms with Gasteiger partial charge >= 0.3 is 0 Å². The fourth-order valence-electron chi connectivity index (χ4n) is 22.1. The standard InChI is InChI=1S/C57H92BNO2/c1-57(2,3)43-29-40-19-17-38-27-42(28-39-18-20-41(30-43)55(40)54(38)39)37-22-24-51-47(32-37)58-46-31-36(35-11-5-4-6-12-35)21-23-50(46)60-52-25-34(26-53(61-51)56(52)58)33-59-48-15-9-7-13-44(48)45-14-8-10-16-49(45)59/h34-56H,4-33H2,1-3H3/t34?,36?,37-,38?,39?,40+,41?,42?,43?,44-,45?,46+,47?,48?,49+,50?,51+,52?,53?,54?,55?,56+/m0/s1. The van der Waals surface area contributed by atoms with E-state index in [0.29, 0.717) is 35.6 Å². The molecule has 0 amide bonds. The Labute approximate surface area is 375 Å². The van der Waals surface area contributed by atoms with Gasteiger partial charge in [0.25, 0.3) is 0 Å². The lowest BCUT2D eigenvalue weighted by Crippen LogP contribution is -2.64. The zero-order valence-electron chi connectivity index (χ0n) is 39.8. The van der Waals surface area contributed by atoms with Crippen LogP contribution in [0.5, 0.6) is 0 Å². The smallest absolute Gasteiger partial charge is 0.162 e. The van der Waals surface area contributed by atoms with Crippen LogP contribution in [0, 0.1) is 88.3 Å². The van der Waals surface area contributed by atoms with E-state index in [1.807, 2.05) is 0 Å². The highest BCUT2D eigenvalue weighted by Crippen LogP contribution is 2.66. The van der Waals surface area contributed by atoms with Crippen molar-refractivity contribution < 1.29 is 9.47 Å². The first-order valence-corrected chi connectivity index (χ1v) is 28.9. The number of likely N-dealkylation sites (tertiary alicyclic amines) is 1. The van der Waals surface area contributed by atoms with E-state index in [4.69, 9.17) is 9.47 Å². The lowest BCUT2D eigenvalue weighted by Gasteiger charge is -2.63. The maximum atomic E-state index is 7.72. The van der Waals surface area contributed by atoms with E-state index in [0.717, 1.165) is 113 Å². The Balaban J connectivity index is 0.748. The van der Waals surface area contributed by atoms with Gasteiger partial charge in [-0.1, -0.05) is 91.4 Å². The lowest BCUT2D eigenvalue weighted by molar-refractivity contribution is -0.153. The summed E-state index contributed by atoms with van der Waals surface area (Å²) in [6, 6.07) is 1.80. The summed E-state index contributed by atoms with van der Waals surface area (Å²) in [4.78, 5) is 3.19. The molecule has 3 nitrogen and oxygen atoms in total. The SMILES string of the molecule is CC(C)(C)C1CC2CCC3CC([C@H]4CC[C@H]5OC6CC(CN7C8CCCC[C@H]8C8CCCC[C@H]87)CC7OC8CCC(C9CCCCC9)C[C@H]8B(C5C4)[C@H]76)CC4CC[C@H](C1)C2C34. The van der Waals surface area contributed by atoms with Crippen LogP contribution < -0.4 is 0 Å². The van der Waals surface area contributed by atoms with Gasteiger partial charge in [-0.25, -0.2) is 0 Å². The largest absolute Gasteiger partial charge is 0.376 e. The number of nitrogens with zero attached hydrogens (tertiary/aromatic N) is 1. The van der Waals surface area contributed by atoms with Crippen molar-refractivity contribution in [3.05, 3.63) is 0 Å². The van der Waals surface area contributed by atoms with Gasteiger partial charge < -0.3 is 9.47 Å². The third kappa shape index (κ3) is 7.14. The second-order valence-corrected chi connectivity index (χ2v) is 27.6. The van der Waals surface area contributed by atoms with Crippen LogP contribution in [-0.2, 0) is 9.47 Å². The molecule has 340 valence electrons. The summed E-state index contributed by atoms with van der Waals surface area (Å²) in [5, 5.41) is 0. The molecular weight excluding hydrogens is 741 g/mol. The Morgan fingerprint density at radius 1 is 0.426 bits per heavy atom. The second kappa shape index (κ2) is 16.3. The molecule has 10 saturated carbocycles. The van der Waals surface area contributed by atoms with Gasteiger partial charge in [-0.05, 0) is 221 Å². The van der Waals surface area contributed by atoms with Crippen molar-refractivity contribution in [2.75, 3.05) is 6.54 Å². The monoisotopic (exact) mass is 834 g/mol. The average molecular weight is 834 g/mol. The summed E-state index contributed by atoms with van der Waals surface area (Å²) in [5.41, 5.74) is 0.501. The molecule has 0 radical (unpaired) electrons. The minimum Gasteiger partial charge on any atom is -0.376 e. The van der Waals surface area contributed by atoms with Gasteiger partial charge in [0.15, 0.2) is 6.71 Å². The van der Waals surface area contributed by atoms with Crippen LogP contribution in [0.4, 0.5) is 0 Å². The summed E-state index contributed by atoms with van der Waals surface area (Å²) in [6.07, 6.45) is 45.9. The molecule has 13 fully saturated rings. The van der Waals surface area contributed by atoms with Crippen molar-refractivity contribution in [1.82, 2.24) is 4.90 Å². The van der Waals surface area contributed by atoms with Crippen molar-refractivity contribution in [3.63, 3.8) is 0 Å². The van der Waals surface area contributed by atoms with Crippen LogP contribution in [-0.4, -0.2) is 54.7 Å². The van der Waals surface area contributed by atoms with Crippen LogP contribution in [0.25, 0.3) is 0 Å². The molecule has 0 aromatic carbocycles. The lowest BCUT2D eigenvalue weighted by atomic mass is 9.20. The molecule has 13 aliphatic rings. The first-order chi connectivity index (χ1) is 29.8. The molecule has 3 heterocycles. The van der Waals surface area contributed by atoms with Crippen LogP contribution in [0.1, 0.15) is 207 Å². The van der Waals surface area contributed by atoms with Crippen LogP contribution in [0.15, 0.2) is 0 Å². The topological polar surface area (TPSA) is 21.7 Å². The quantitative estimate of drug-likeness (QED) is 0.263. The number of fused-ring (bicyclic) bond motifs is 7. The fraction of sp³-hybridized carbons (Fsp3) is 1.00. The zero-order valence-corrected chi connectivity index (χ0v) is 39.8. The van der Waals surface area contributed by atoms with Crippen molar-refractivity contribution in [2.45, 2.75) is 261 Å². The van der Waals surface area contributed by atoms with Gasteiger partial charge in [0, 0.05) is 18.6 Å². The van der Waals surface area contributed by atoms with Gasteiger partial charge in [0.2, 0.25) is 0 Å². The Kier molecular flexibility index (Phi) is 11.0. The minimum atomic E-state index is 0.476. The zero-order chi connectivity index (χ0) is 40.6. The van der Waals surface area contributed by atoms with Crippen LogP contribution >= 0.6 is 0 Å². The molecule has 61 heavy (non-hydrogen) atoms. The van der Waals surface area contributed by atoms with Crippen molar-refractivity contribution in [1.29, 1.82) is 0 Å². The second-order valence-electron chi connectivity index (χ2n) is 27.6. The summed E-state index contributed by atoms with van der Waals surface area (Å²) in [5.74, 6) is 16.6. The van der Waals surface area contributed by atoms with Crippen LogP contribution in [0.3, 0.4) is 0 Å². The van der Waals surface area contributed by atoms with Gasteiger partial charge in [0.1, 0.15) is 0 Å². The highest BCUT2D eigenvalue weighted by atomic mass is 16.5. The molecule has 10 aliphatic carbocycles. The molecule has 4 heteroatoms. The van der Waals surface area contributed by atoms with Gasteiger partial charge in [0.05, 0.1) is 24.4 Å². The molecular formula is C57H92BNO2. The summed E-state index contributed by atoms with van der Waals surface area (Å²) in [6.45, 7) is 9.95. The van der Waals surface area contributed by atoms with Crippen molar-refractivity contribution in [2.24, 2.45) is 88.3 Å². The third-order valence-electron chi connectivity index (χ3n) is 24.3. The first-order valence-electron chi connectivity index (χ1n) is 28.9. The van der Waals surface area contributed by atoms with E-state index < -0.39 is 0 Å². The highest BCUT2D eigenvalue weighted by Gasteiger charge is 2.63. The minimum absolute atomic E-state index is 0.476. The molecule has 0 spiro atoms. The van der Waals surface area contributed by atoms with Gasteiger partial charge in [-0.3, -0.25) is 4.90 Å². The third-order valence-corrected chi connectivity index (χ3v) is 24.3. The van der Waals surface area contributed by atoms with E-state index in [9.17, 15) is 0 Å². The summed E-state index contributed by atoms with van der Waals surface area (Å²) in [7, 11) is 0. The highest BCUT2D eigenvalue weighted by molar-refractivity contribution is 6.65. The number of rotatable bonds is 4. The summed E-state index contributed by atoms with van der Waals surface area (Å²) >= 11 is 0. The van der Waals surface area contributed by atoms with Crippen LogP contribution in [0.2, 0.25) is 17.5 Å². The molecule has 3 aliphatic heterocycles. The molecule has 22 atom stereocenters. The number of hydrogen-bond acceptors (Lipinski definition) is 3. The molecule has 15 unspecified atom stereocenters. The van der Waals surface area contributed by atoms with Crippen molar-refractivity contribution in [3.8, 4) is 0 Å². The van der Waals surface area contributed by atoms with E-state index >= 15 is 0 Å². The van der Waals surface area contributed by atoms with Gasteiger partial charge in [-0.15, -0.1) is 0 Å². The average Bonchev–Trinajstić information content (AvgIpc) is 3.60. The molecule has 0 aromatic heterocycles. The molecule has 0 N–H and O–H groups in total. The number of ether oxygens (including phenoxy) is 2. The van der Waals surface area contributed by atoms with E-state index in [1.54, 1.807) is 51.4 Å². The number of hydrogen-bond donors (Lipinski definition) is 0. The Morgan fingerprint density at radius 2 is 0.902 bits per heavy atom. The van der Waals surface area contributed by atoms with E-state index in [2.05, 4.69) is 25.7 Å². The first kappa shape index (κ1) is 41.2. The maximum Gasteiger partial charge on any atom is 0.162 e. The van der Waals surface area contributed by atoms with E-state index in [-0.39, 0.29) is 0 Å². The normalized spacial score (nSPS) is 54.6. The Hall–Kier alpha value is -0.0551. The van der Waals surface area contributed by atoms with Gasteiger partial charge in [-0.2, -0.15) is 0 Å². The molecule has 0 aromatic rings. The summed E-state index contributed by atoms with van der Waals surface area (Å²) < 4.78 is 15.4. The predicted octanol–water partition coefficient (Wildman–Crippen LogP) is 14.3.